The van der Waals surface area contributed by atoms with Crippen LogP contribution in [0.15, 0.2) is 53.7 Å². The smallest absolute Gasteiger partial charge is 0.290 e. The van der Waals surface area contributed by atoms with Crippen LogP contribution in [0.3, 0.4) is 0 Å². The molecule has 0 atom stereocenters. The van der Waals surface area contributed by atoms with E-state index in [9.17, 15) is 9.59 Å². The summed E-state index contributed by atoms with van der Waals surface area (Å²) in [6.07, 6.45) is 5.42. The lowest BCUT2D eigenvalue weighted by Gasteiger charge is -2.07. The molecule has 1 N–H and O–H groups in total. The van der Waals surface area contributed by atoms with E-state index in [-0.39, 0.29) is 18.2 Å². The largest absolute Gasteiger partial charge is 0.320 e. The number of hydrogen-bond acceptors (Lipinski definition) is 3. The topological polar surface area (TPSA) is 50.1 Å². The van der Waals surface area contributed by atoms with Crippen molar-refractivity contribution in [2.45, 2.75) is 18.4 Å². The molecule has 1 heterocycles. The van der Waals surface area contributed by atoms with Gasteiger partial charge in [0.2, 0.25) is 6.54 Å². The highest BCUT2D eigenvalue weighted by Crippen LogP contribution is 2.24. The van der Waals surface area contributed by atoms with Crippen LogP contribution in [0.25, 0.3) is 0 Å². The summed E-state index contributed by atoms with van der Waals surface area (Å²) in [5, 5.41) is 2.89. The van der Waals surface area contributed by atoms with Gasteiger partial charge >= 0.3 is 0 Å². The Bertz CT molecular complexity index is 671. The molecule has 0 aliphatic carbocycles. The summed E-state index contributed by atoms with van der Waals surface area (Å²) >= 11 is 1.58. The highest BCUT2D eigenvalue weighted by atomic mass is 32.2. The predicted molar refractivity (Wildman–Crippen MR) is 83.5 cm³/mol. The summed E-state index contributed by atoms with van der Waals surface area (Å²) in [7, 11) is 0. The van der Waals surface area contributed by atoms with E-state index in [1.165, 1.54) is 6.92 Å². The van der Waals surface area contributed by atoms with Crippen LogP contribution in [0, 0.1) is 0 Å². The van der Waals surface area contributed by atoms with Gasteiger partial charge in [0.1, 0.15) is 0 Å². The third-order valence-corrected chi connectivity index (χ3v) is 3.77. The third kappa shape index (κ3) is 4.16. The van der Waals surface area contributed by atoms with Gasteiger partial charge in [0.05, 0.1) is 11.3 Å². The van der Waals surface area contributed by atoms with Crippen LogP contribution in [0.5, 0.6) is 0 Å². The SMILES string of the molecule is CSc1ccccc1NC(=O)C[n+]1cccc(C(C)=O)c1. The Balaban J connectivity index is 2.08. The van der Waals surface area contributed by atoms with Gasteiger partial charge < -0.3 is 5.32 Å². The van der Waals surface area contributed by atoms with Gasteiger partial charge in [-0.05, 0) is 31.4 Å². The van der Waals surface area contributed by atoms with Gasteiger partial charge in [0, 0.05) is 11.0 Å². The first kappa shape index (κ1) is 15.3. The highest BCUT2D eigenvalue weighted by molar-refractivity contribution is 7.98. The van der Waals surface area contributed by atoms with Gasteiger partial charge in [0.15, 0.2) is 18.2 Å². The molecule has 1 aromatic carbocycles. The molecule has 108 valence electrons. The molecule has 0 spiro atoms. The maximum Gasteiger partial charge on any atom is 0.290 e. The second-order valence-corrected chi connectivity index (χ2v) is 5.42. The van der Waals surface area contributed by atoms with Gasteiger partial charge in [-0.3, -0.25) is 9.59 Å². The lowest BCUT2D eigenvalue weighted by molar-refractivity contribution is -0.684. The van der Waals surface area contributed by atoms with Gasteiger partial charge in [-0.25, -0.2) is 0 Å². The van der Waals surface area contributed by atoms with E-state index in [2.05, 4.69) is 5.32 Å². The van der Waals surface area contributed by atoms with E-state index >= 15 is 0 Å². The number of anilines is 1. The molecule has 0 fully saturated rings. The number of hydrogen-bond donors (Lipinski definition) is 1. The number of thioether (sulfide) groups is 1. The summed E-state index contributed by atoms with van der Waals surface area (Å²) in [4.78, 5) is 24.5. The first-order chi connectivity index (χ1) is 10.1. The second-order valence-electron chi connectivity index (χ2n) is 4.57. The first-order valence-electron chi connectivity index (χ1n) is 6.53. The van der Waals surface area contributed by atoms with Crippen LogP contribution in [-0.2, 0) is 11.3 Å². The average molecular weight is 301 g/mol. The van der Waals surface area contributed by atoms with E-state index in [0.717, 1.165) is 10.6 Å². The van der Waals surface area contributed by atoms with E-state index in [1.54, 1.807) is 40.9 Å². The zero-order valence-corrected chi connectivity index (χ0v) is 12.8. The quantitative estimate of drug-likeness (QED) is 0.524. The zero-order valence-electron chi connectivity index (χ0n) is 12.0. The maximum absolute atomic E-state index is 12.1. The van der Waals surface area contributed by atoms with E-state index < -0.39 is 0 Å². The molecule has 0 aliphatic rings. The van der Waals surface area contributed by atoms with Crippen molar-refractivity contribution in [3.63, 3.8) is 0 Å². The molecule has 0 saturated heterocycles. The van der Waals surface area contributed by atoms with Crippen molar-refractivity contribution in [1.29, 1.82) is 0 Å². The number of pyridine rings is 1. The van der Waals surface area contributed by atoms with Crippen molar-refractivity contribution in [3.8, 4) is 0 Å². The fraction of sp³-hybridized carbons (Fsp3) is 0.188. The van der Waals surface area contributed by atoms with Gasteiger partial charge in [-0.1, -0.05) is 12.1 Å². The number of Topliss-reactive ketones (excluding diaryl/α,β-unsaturated/α-hetero) is 1. The number of benzene rings is 1. The molecule has 21 heavy (non-hydrogen) atoms. The Morgan fingerprint density at radius 1 is 1.19 bits per heavy atom. The van der Waals surface area contributed by atoms with Crippen LogP contribution in [0.4, 0.5) is 5.69 Å². The molecule has 0 aliphatic heterocycles. The van der Waals surface area contributed by atoms with E-state index in [1.807, 2.05) is 30.5 Å². The van der Waals surface area contributed by atoms with Crippen LogP contribution >= 0.6 is 11.8 Å². The number of ketones is 1. The number of amides is 1. The number of nitrogens with one attached hydrogen (secondary N) is 1. The van der Waals surface area contributed by atoms with Crippen molar-refractivity contribution in [2.75, 3.05) is 11.6 Å². The Morgan fingerprint density at radius 2 is 1.95 bits per heavy atom. The molecule has 1 amide bonds. The Labute approximate surface area is 128 Å². The van der Waals surface area contributed by atoms with Crippen LogP contribution < -0.4 is 9.88 Å². The molecule has 2 rings (SSSR count). The van der Waals surface area contributed by atoms with E-state index in [4.69, 9.17) is 0 Å². The molecular formula is C16H17N2O2S+. The molecule has 1 aromatic heterocycles. The Kier molecular flexibility index (Phi) is 5.11. The van der Waals surface area contributed by atoms with Crippen molar-refractivity contribution < 1.29 is 14.2 Å². The van der Waals surface area contributed by atoms with Crippen LogP contribution in [0.2, 0.25) is 0 Å². The monoisotopic (exact) mass is 301 g/mol. The molecule has 4 nitrogen and oxygen atoms in total. The normalized spacial score (nSPS) is 10.2. The van der Waals surface area contributed by atoms with Crippen LogP contribution in [0.1, 0.15) is 17.3 Å². The van der Waals surface area contributed by atoms with Crippen LogP contribution in [-0.4, -0.2) is 17.9 Å². The van der Waals surface area contributed by atoms with Crippen molar-refractivity contribution in [1.82, 2.24) is 0 Å². The summed E-state index contributed by atoms with van der Waals surface area (Å²) < 4.78 is 1.70. The lowest BCUT2D eigenvalue weighted by Crippen LogP contribution is -2.40. The van der Waals surface area contributed by atoms with Crippen molar-refractivity contribution >= 4 is 29.1 Å². The number of carbonyl (C=O) groups excluding carboxylic acids is 2. The second kappa shape index (κ2) is 7.04. The molecule has 0 radical (unpaired) electrons. The van der Waals surface area contributed by atoms with Gasteiger partial charge in [-0.15, -0.1) is 11.8 Å². The third-order valence-electron chi connectivity index (χ3n) is 2.97. The molecule has 2 aromatic rings. The lowest BCUT2D eigenvalue weighted by atomic mass is 10.2. The Morgan fingerprint density at radius 3 is 2.67 bits per heavy atom. The number of carbonyl (C=O) groups is 2. The highest BCUT2D eigenvalue weighted by Gasteiger charge is 2.13. The number of rotatable bonds is 5. The minimum Gasteiger partial charge on any atom is -0.320 e. The summed E-state index contributed by atoms with van der Waals surface area (Å²) in [5.41, 5.74) is 1.40. The minimum absolute atomic E-state index is 0.0162. The fourth-order valence-corrected chi connectivity index (χ4v) is 2.49. The van der Waals surface area contributed by atoms with Crippen molar-refractivity contribution in [2.24, 2.45) is 0 Å². The molecule has 0 bridgehead atoms. The Hall–Kier alpha value is -2.14. The number of aromatic nitrogens is 1. The predicted octanol–water partition coefficient (Wildman–Crippen LogP) is 2.54. The van der Waals surface area contributed by atoms with Gasteiger partial charge in [-0.2, -0.15) is 4.57 Å². The minimum atomic E-state index is -0.123. The molecular weight excluding hydrogens is 284 g/mol. The van der Waals surface area contributed by atoms with Crippen molar-refractivity contribution in [3.05, 3.63) is 54.4 Å². The van der Waals surface area contributed by atoms with E-state index in [0.29, 0.717) is 5.56 Å². The zero-order chi connectivity index (χ0) is 15.2. The summed E-state index contributed by atoms with van der Waals surface area (Å²) in [5.74, 6) is -0.139. The number of para-hydroxylation sites is 1. The molecule has 5 heteroatoms. The maximum atomic E-state index is 12.1. The van der Waals surface area contributed by atoms with Gasteiger partial charge in [0.25, 0.3) is 5.91 Å². The summed E-state index contributed by atoms with van der Waals surface area (Å²) in [6.45, 7) is 1.68. The standard InChI is InChI=1S/C16H16N2O2S/c1-12(19)13-6-5-9-18(10-13)11-16(20)17-14-7-3-4-8-15(14)21-2/h3-10H,11H2,1-2H3/p+1. The first-order valence-corrected chi connectivity index (χ1v) is 7.75. The number of nitrogens with zero attached hydrogens (tertiary/aromatic N) is 1. The fourth-order valence-electron chi connectivity index (χ4n) is 1.93. The average Bonchev–Trinajstić information content (AvgIpc) is 2.48. The summed E-state index contributed by atoms with van der Waals surface area (Å²) in [6, 6.07) is 11.2. The molecule has 0 unspecified atom stereocenters. The molecule has 0 saturated carbocycles.